The lowest BCUT2D eigenvalue weighted by molar-refractivity contribution is -0.312. The molecular weight excluding hydrogens is 282 g/mol. The van der Waals surface area contributed by atoms with Gasteiger partial charge in [0.25, 0.3) is 5.79 Å². The van der Waals surface area contributed by atoms with E-state index in [1.54, 1.807) is 0 Å². The summed E-state index contributed by atoms with van der Waals surface area (Å²) >= 11 is 0. The molecule has 1 heterocycles. The summed E-state index contributed by atoms with van der Waals surface area (Å²) in [5.74, 6) is -3.34. The molecule has 6 N–H and O–H groups in total. The first-order valence-corrected chi connectivity index (χ1v) is 7.19. The minimum absolute atomic E-state index is 0.0176. The van der Waals surface area contributed by atoms with Gasteiger partial charge in [-0.3, -0.25) is 0 Å². The minimum atomic E-state index is -1.98. The molecule has 0 aromatic carbocycles. The molecule has 8 nitrogen and oxygen atoms in total. The van der Waals surface area contributed by atoms with E-state index in [4.69, 9.17) is 20.3 Å². The smallest absolute Gasteiger partial charge is 0.364 e. The van der Waals surface area contributed by atoms with Crippen LogP contribution in [0.2, 0.25) is 0 Å². The highest BCUT2D eigenvalue weighted by molar-refractivity contribution is 5.76. The molecule has 1 fully saturated rings. The molecule has 4 atom stereocenters. The summed E-state index contributed by atoms with van der Waals surface area (Å²) in [6.45, 7) is 0.422. The molecule has 1 saturated heterocycles. The number of aliphatic hydroxyl groups is 3. The molecule has 1 aliphatic heterocycles. The molecule has 0 aromatic heterocycles. The summed E-state index contributed by atoms with van der Waals surface area (Å²) in [5, 5.41) is 37.9. The first kappa shape index (κ1) is 18.3. The Morgan fingerprint density at radius 1 is 1.33 bits per heavy atom. The molecule has 0 amide bonds. The van der Waals surface area contributed by atoms with Crippen molar-refractivity contribution in [2.75, 3.05) is 19.8 Å². The number of carboxylic acids is 1. The zero-order valence-electron chi connectivity index (χ0n) is 12.0. The van der Waals surface area contributed by atoms with Gasteiger partial charge in [-0.25, -0.2) is 4.79 Å². The molecule has 4 unspecified atom stereocenters. The quantitative estimate of drug-likeness (QED) is 0.334. The van der Waals surface area contributed by atoms with Crippen LogP contribution in [0.25, 0.3) is 0 Å². The second kappa shape index (κ2) is 8.62. The van der Waals surface area contributed by atoms with E-state index in [9.17, 15) is 20.1 Å². The highest BCUT2D eigenvalue weighted by Gasteiger charge is 2.52. The number of ether oxygens (including phenoxy) is 2. The van der Waals surface area contributed by atoms with Crippen LogP contribution in [0.15, 0.2) is 0 Å². The fraction of sp³-hybridized carbons (Fsp3) is 0.923. The predicted octanol–water partition coefficient (Wildman–Crippen LogP) is -1.19. The van der Waals surface area contributed by atoms with Gasteiger partial charge in [0.2, 0.25) is 0 Å². The van der Waals surface area contributed by atoms with Gasteiger partial charge in [-0.05, 0) is 32.2 Å². The predicted molar refractivity (Wildman–Crippen MR) is 72.4 cm³/mol. The number of nitrogens with two attached hydrogens (primary N) is 1. The Bertz CT molecular complexity index is 328. The largest absolute Gasteiger partial charge is 0.477 e. The molecule has 8 heteroatoms. The average molecular weight is 307 g/mol. The maximum Gasteiger partial charge on any atom is 0.364 e. The van der Waals surface area contributed by atoms with Crippen LogP contribution in [0, 0.1) is 0 Å². The van der Waals surface area contributed by atoms with Gasteiger partial charge in [-0.1, -0.05) is 0 Å². The number of aliphatic hydroxyl groups excluding tert-OH is 3. The van der Waals surface area contributed by atoms with Gasteiger partial charge in [0.15, 0.2) is 0 Å². The first-order chi connectivity index (χ1) is 9.96. The summed E-state index contributed by atoms with van der Waals surface area (Å²) in [7, 11) is 0. The number of aliphatic carboxylic acids is 1. The van der Waals surface area contributed by atoms with Gasteiger partial charge in [-0.15, -0.1) is 0 Å². The van der Waals surface area contributed by atoms with E-state index in [0.29, 0.717) is 13.0 Å². The van der Waals surface area contributed by atoms with Crippen molar-refractivity contribution in [2.24, 2.45) is 5.73 Å². The number of rotatable bonds is 9. The third kappa shape index (κ3) is 4.87. The highest BCUT2D eigenvalue weighted by atomic mass is 16.7. The average Bonchev–Trinajstić information content (AvgIpc) is 2.44. The summed E-state index contributed by atoms with van der Waals surface area (Å²) in [4.78, 5) is 11.5. The van der Waals surface area contributed by atoms with E-state index in [-0.39, 0.29) is 26.1 Å². The van der Waals surface area contributed by atoms with Crippen LogP contribution in [-0.4, -0.2) is 70.3 Å². The Morgan fingerprint density at radius 2 is 2.05 bits per heavy atom. The number of hydrogen-bond acceptors (Lipinski definition) is 7. The molecule has 0 saturated carbocycles. The Morgan fingerprint density at radius 3 is 2.62 bits per heavy atom. The monoisotopic (exact) mass is 307 g/mol. The topological polar surface area (TPSA) is 142 Å². The van der Waals surface area contributed by atoms with Gasteiger partial charge in [-0.2, -0.15) is 0 Å². The Balaban J connectivity index is 2.67. The lowest BCUT2D eigenvalue weighted by Crippen LogP contribution is -2.59. The highest BCUT2D eigenvalue weighted by Crippen LogP contribution is 2.32. The summed E-state index contributed by atoms with van der Waals surface area (Å²) in [5.41, 5.74) is 5.37. The summed E-state index contributed by atoms with van der Waals surface area (Å²) < 4.78 is 10.7. The van der Waals surface area contributed by atoms with E-state index in [1.165, 1.54) is 0 Å². The molecule has 0 spiro atoms. The molecule has 0 radical (unpaired) electrons. The van der Waals surface area contributed by atoms with Crippen LogP contribution in [0.5, 0.6) is 0 Å². The normalized spacial score (nSPS) is 33.0. The Labute approximate surface area is 123 Å². The molecular formula is C13H25NO7. The summed E-state index contributed by atoms with van der Waals surface area (Å²) in [6.07, 6.45) is -1.61. The summed E-state index contributed by atoms with van der Waals surface area (Å²) in [6, 6.07) is 0. The van der Waals surface area contributed by atoms with Gasteiger partial charge >= 0.3 is 5.97 Å². The number of carbonyl (C=O) groups is 1. The van der Waals surface area contributed by atoms with Gasteiger partial charge in [0, 0.05) is 13.0 Å². The van der Waals surface area contributed by atoms with Crippen LogP contribution >= 0.6 is 0 Å². The van der Waals surface area contributed by atoms with E-state index in [1.807, 2.05) is 0 Å². The van der Waals surface area contributed by atoms with Crippen molar-refractivity contribution >= 4 is 5.97 Å². The lowest BCUT2D eigenvalue weighted by Gasteiger charge is -2.42. The third-order valence-corrected chi connectivity index (χ3v) is 3.52. The van der Waals surface area contributed by atoms with Crippen molar-refractivity contribution in [3.05, 3.63) is 0 Å². The van der Waals surface area contributed by atoms with Gasteiger partial charge < -0.3 is 35.6 Å². The molecule has 0 aromatic rings. The third-order valence-electron chi connectivity index (χ3n) is 3.52. The van der Waals surface area contributed by atoms with E-state index in [2.05, 4.69) is 0 Å². The fourth-order valence-electron chi connectivity index (χ4n) is 2.32. The Hall–Kier alpha value is -0.770. The molecule has 124 valence electrons. The van der Waals surface area contributed by atoms with Crippen molar-refractivity contribution < 1.29 is 34.7 Å². The van der Waals surface area contributed by atoms with Crippen LogP contribution in [0.1, 0.15) is 32.1 Å². The zero-order chi connectivity index (χ0) is 15.9. The number of unbranched alkanes of at least 4 members (excludes halogenated alkanes) is 2. The van der Waals surface area contributed by atoms with Crippen LogP contribution in [-0.2, 0) is 14.3 Å². The van der Waals surface area contributed by atoms with E-state index < -0.39 is 30.1 Å². The van der Waals surface area contributed by atoms with Crippen molar-refractivity contribution in [2.45, 2.75) is 56.2 Å². The lowest BCUT2D eigenvalue weighted by atomic mass is 9.94. The van der Waals surface area contributed by atoms with E-state index in [0.717, 1.165) is 12.8 Å². The van der Waals surface area contributed by atoms with Gasteiger partial charge in [0.1, 0.15) is 6.10 Å². The second-order valence-corrected chi connectivity index (χ2v) is 5.19. The minimum Gasteiger partial charge on any atom is -0.477 e. The van der Waals surface area contributed by atoms with Crippen molar-refractivity contribution in [1.29, 1.82) is 0 Å². The SMILES string of the molecule is NCCCCCOC1(C(=O)O)CC(O)C(O)C(CCO)O1. The molecule has 1 aliphatic rings. The fourth-order valence-corrected chi connectivity index (χ4v) is 2.32. The maximum atomic E-state index is 11.5. The van der Waals surface area contributed by atoms with Crippen LogP contribution in [0.4, 0.5) is 0 Å². The van der Waals surface area contributed by atoms with Crippen LogP contribution in [0.3, 0.4) is 0 Å². The standard InChI is InChI=1S/C13H25NO7/c14-5-2-1-3-7-20-13(12(18)19)8-9(16)11(17)10(21-13)4-6-15/h9-11,15-17H,1-8,14H2,(H,18,19). The Kier molecular flexibility index (Phi) is 7.50. The zero-order valence-corrected chi connectivity index (χ0v) is 12.0. The molecule has 0 bridgehead atoms. The maximum absolute atomic E-state index is 11.5. The van der Waals surface area contributed by atoms with Crippen molar-refractivity contribution in [1.82, 2.24) is 0 Å². The second-order valence-electron chi connectivity index (χ2n) is 5.19. The van der Waals surface area contributed by atoms with Crippen molar-refractivity contribution in [3.8, 4) is 0 Å². The molecule has 21 heavy (non-hydrogen) atoms. The van der Waals surface area contributed by atoms with E-state index >= 15 is 0 Å². The first-order valence-electron chi connectivity index (χ1n) is 7.19. The van der Waals surface area contributed by atoms with Crippen molar-refractivity contribution in [3.63, 3.8) is 0 Å². The number of carboxylic acid groups (broad SMARTS) is 1. The van der Waals surface area contributed by atoms with Crippen LogP contribution < -0.4 is 5.73 Å². The molecule has 1 rings (SSSR count). The van der Waals surface area contributed by atoms with Gasteiger partial charge in [0.05, 0.1) is 18.8 Å². The molecule has 0 aliphatic carbocycles. The number of hydrogen-bond donors (Lipinski definition) is 5.